The molecule has 0 atom stereocenters. The van der Waals surface area contributed by atoms with Crippen LogP contribution in [0.25, 0.3) is 0 Å². The Morgan fingerprint density at radius 3 is 2.85 bits per heavy atom. The molecule has 0 fully saturated rings. The summed E-state index contributed by atoms with van der Waals surface area (Å²) >= 11 is 7.63. The number of amides is 1. The summed E-state index contributed by atoms with van der Waals surface area (Å²) in [4.78, 5) is 12.3. The minimum Gasteiger partial charge on any atom is -0.486 e. The Hall–Kier alpha value is -1.93. The number of carbonyl (C=O) groups is 1. The number of aryl methyl sites for hydroxylation is 1. The first-order valence-electron chi connectivity index (χ1n) is 8.64. The third kappa shape index (κ3) is 3.76. The molecule has 1 amide bonds. The molecule has 0 saturated carbocycles. The lowest BCUT2D eigenvalue weighted by Gasteiger charge is -2.20. The van der Waals surface area contributed by atoms with E-state index in [-0.39, 0.29) is 11.7 Å². The van der Waals surface area contributed by atoms with Crippen molar-refractivity contribution in [3.8, 4) is 11.5 Å². The Bertz CT molecular complexity index is 827. The molecule has 4 rings (SSSR count). The van der Waals surface area contributed by atoms with Gasteiger partial charge in [-0.05, 0) is 12.8 Å². The molecule has 1 aromatic carbocycles. The van der Waals surface area contributed by atoms with Gasteiger partial charge in [-0.3, -0.25) is 4.79 Å². The molecule has 3 heterocycles. The Morgan fingerprint density at radius 2 is 2.00 bits per heavy atom. The largest absolute Gasteiger partial charge is 0.486 e. The van der Waals surface area contributed by atoms with E-state index >= 15 is 0 Å². The van der Waals surface area contributed by atoms with Gasteiger partial charge in [0.05, 0.1) is 16.5 Å². The number of halogens is 1. The molecule has 0 spiro atoms. The molecule has 2 aliphatic heterocycles. The van der Waals surface area contributed by atoms with Crippen molar-refractivity contribution in [3.63, 3.8) is 0 Å². The van der Waals surface area contributed by atoms with E-state index in [4.69, 9.17) is 21.1 Å². The second-order valence-corrected chi connectivity index (χ2v) is 7.52. The van der Waals surface area contributed by atoms with Crippen LogP contribution in [0.3, 0.4) is 0 Å². The maximum Gasteiger partial charge on any atom is 0.234 e. The highest BCUT2D eigenvalue weighted by Gasteiger charge is 2.18. The van der Waals surface area contributed by atoms with E-state index in [9.17, 15) is 4.79 Å². The minimum absolute atomic E-state index is 0.153. The third-order valence-corrected chi connectivity index (χ3v) is 5.59. The van der Waals surface area contributed by atoms with Crippen LogP contribution in [0.2, 0.25) is 5.02 Å². The smallest absolute Gasteiger partial charge is 0.234 e. The summed E-state index contributed by atoms with van der Waals surface area (Å²) in [6.45, 7) is 1.89. The summed E-state index contributed by atoms with van der Waals surface area (Å²) in [5, 5.41) is 12.5. The molecule has 0 unspecified atom stereocenters. The van der Waals surface area contributed by atoms with Crippen molar-refractivity contribution in [3.05, 3.63) is 23.0 Å². The first-order valence-corrected chi connectivity index (χ1v) is 10.0. The molecule has 2 aliphatic rings. The zero-order chi connectivity index (χ0) is 17.9. The number of hydrogen-bond acceptors (Lipinski definition) is 6. The second-order valence-electron chi connectivity index (χ2n) is 6.17. The number of nitrogens with zero attached hydrogens (tertiary/aromatic N) is 3. The van der Waals surface area contributed by atoms with Gasteiger partial charge in [-0.25, -0.2) is 0 Å². The number of ether oxygens (including phenoxy) is 2. The fraction of sp³-hybridized carbons (Fsp3) is 0.471. The summed E-state index contributed by atoms with van der Waals surface area (Å²) in [6.07, 6.45) is 4.42. The molecular weight excluding hydrogens is 376 g/mol. The fourth-order valence-corrected chi connectivity index (χ4v) is 4.03. The van der Waals surface area contributed by atoms with E-state index in [1.54, 1.807) is 12.1 Å². The first-order chi connectivity index (χ1) is 12.7. The van der Waals surface area contributed by atoms with E-state index in [0.29, 0.717) is 35.4 Å². The number of nitrogens with one attached hydrogen (secondary N) is 1. The van der Waals surface area contributed by atoms with Crippen LogP contribution in [-0.2, 0) is 17.8 Å². The van der Waals surface area contributed by atoms with Gasteiger partial charge in [0.2, 0.25) is 5.91 Å². The predicted molar refractivity (Wildman–Crippen MR) is 99.4 cm³/mol. The van der Waals surface area contributed by atoms with Crippen LogP contribution in [0.4, 0.5) is 5.69 Å². The Labute approximate surface area is 160 Å². The molecule has 26 heavy (non-hydrogen) atoms. The highest BCUT2D eigenvalue weighted by atomic mass is 35.5. The minimum atomic E-state index is -0.153. The number of rotatable bonds is 4. The molecule has 0 aliphatic carbocycles. The van der Waals surface area contributed by atoms with Gasteiger partial charge in [-0.1, -0.05) is 29.8 Å². The van der Waals surface area contributed by atoms with Crippen molar-refractivity contribution in [1.29, 1.82) is 0 Å². The van der Waals surface area contributed by atoms with Gasteiger partial charge >= 0.3 is 0 Å². The van der Waals surface area contributed by atoms with Gasteiger partial charge in [0.15, 0.2) is 16.7 Å². The molecule has 138 valence electrons. The van der Waals surface area contributed by atoms with Crippen LogP contribution in [0.1, 0.15) is 25.1 Å². The summed E-state index contributed by atoms with van der Waals surface area (Å²) in [5.74, 6) is 2.29. The highest BCUT2D eigenvalue weighted by molar-refractivity contribution is 7.99. The molecule has 7 nitrogen and oxygen atoms in total. The maximum absolute atomic E-state index is 12.3. The SMILES string of the molecule is O=C(CSc1nnc2n1CCCCC2)Nc1cc2c(cc1Cl)OCCO2. The van der Waals surface area contributed by atoms with Crippen molar-refractivity contribution in [1.82, 2.24) is 14.8 Å². The zero-order valence-electron chi connectivity index (χ0n) is 14.2. The van der Waals surface area contributed by atoms with Gasteiger partial charge in [0.25, 0.3) is 0 Å². The topological polar surface area (TPSA) is 78.3 Å². The van der Waals surface area contributed by atoms with Gasteiger partial charge in [-0.2, -0.15) is 0 Å². The van der Waals surface area contributed by atoms with Crippen LogP contribution >= 0.6 is 23.4 Å². The average molecular weight is 395 g/mol. The summed E-state index contributed by atoms with van der Waals surface area (Å²) < 4.78 is 13.1. The number of anilines is 1. The number of thioether (sulfide) groups is 1. The predicted octanol–water partition coefficient (Wildman–Crippen LogP) is 3.16. The first kappa shape index (κ1) is 17.5. The van der Waals surface area contributed by atoms with Crippen LogP contribution in [0, 0.1) is 0 Å². The van der Waals surface area contributed by atoms with Crippen molar-refractivity contribution < 1.29 is 14.3 Å². The fourth-order valence-electron chi connectivity index (χ4n) is 3.04. The number of carbonyl (C=O) groups excluding carboxylic acids is 1. The van der Waals surface area contributed by atoms with Crippen LogP contribution in [-0.4, -0.2) is 39.6 Å². The lowest BCUT2D eigenvalue weighted by atomic mass is 10.2. The van der Waals surface area contributed by atoms with Crippen LogP contribution in [0.5, 0.6) is 11.5 Å². The summed E-state index contributed by atoms with van der Waals surface area (Å²) in [7, 11) is 0. The van der Waals surface area contributed by atoms with E-state index in [0.717, 1.165) is 36.8 Å². The Morgan fingerprint density at radius 1 is 1.19 bits per heavy atom. The Kier molecular flexibility index (Phi) is 5.21. The van der Waals surface area contributed by atoms with Crippen molar-refractivity contribution >= 4 is 35.0 Å². The highest BCUT2D eigenvalue weighted by Crippen LogP contribution is 2.38. The lowest BCUT2D eigenvalue weighted by Crippen LogP contribution is -2.18. The number of fused-ring (bicyclic) bond motifs is 2. The standard InChI is InChI=1S/C17H19ClN4O3S/c18-11-8-13-14(25-7-6-24-13)9-12(11)19-16(23)10-26-17-21-20-15-4-2-1-3-5-22(15)17/h8-9H,1-7,10H2,(H,19,23). The molecule has 0 bridgehead atoms. The zero-order valence-corrected chi connectivity index (χ0v) is 15.7. The summed E-state index contributed by atoms with van der Waals surface area (Å²) in [5.41, 5.74) is 0.515. The van der Waals surface area contributed by atoms with Gasteiger partial charge in [0, 0.05) is 25.1 Å². The monoisotopic (exact) mass is 394 g/mol. The lowest BCUT2D eigenvalue weighted by molar-refractivity contribution is -0.113. The Balaban J connectivity index is 1.40. The molecular formula is C17H19ClN4O3S. The molecule has 0 saturated heterocycles. The van der Waals surface area contributed by atoms with Crippen molar-refractivity contribution in [2.24, 2.45) is 0 Å². The second kappa shape index (κ2) is 7.75. The van der Waals surface area contributed by atoms with Gasteiger partial charge in [-0.15, -0.1) is 10.2 Å². The van der Waals surface area contributed by atoms with Crippen molar-refractivity contribution in [2.45, 2.75) is 37.4 Å². The third-order valence-electron chi connectivity index (χ3n) is 4.31. The number of hydrogen-bond donors (Lipinski definition) is 1. The van der Waals surface area contributed by atoms with E-state index in [1.807, 2.05) is 0 Å². The molecule has 2 aromatic rings. The average Bonchev–Trinajstić information content (AvgIpc) is 2.87. The molecule has 1 aromatic heterocycles. The molecule has 9 heteroatoms. The van der Waals surface area contributed by atoms with Gasteiger partial charge < -0.3 is 19.4 Å². The number of aromatic nitrogens is 3. The van der Waals surface area contributed by atoms with Crippen LogP contribution < -0.4 is 14.8 Å². The summed E-state index contributed by atoms with van der Waals surface area (Å²) in [6, 6.07) is 3.36. The molecule has 0 radical (unpaired) electrons. The van der Waals surface area contributed by atoms with Gasteiger partial charge in [0.1, 0.15) is 19.0 Å². The van der Waals surface area contributed by atoms with E-state index in [1.165, 1.54) is 18.2 Å². The normalized spacial score (nSPS) is 15.9. The quantitative estimate of drug-likeness (QED) is 0.802. The van der Waals surface area contributed by atoms with Crippen molar-refractivity contribution in [2.75, 3.05) is 24.3 Å². The van der Waals surface area contributed by atoms with Crippen LogP contribution in [0.15, 0.2) is 17.3 Å². The maximum atomic E-state index is 12.3. The number of benzene rings is 1. The molecule has 1 N–H and O–H groups in total. The van der Waals surface area contributed by atoms with E-state index in [2.05, 4.69) is 20.1 Å². The van der Waals surface area contributed by atoms with E-state index < -0.39 is 0 Å².